The zero-order valence-electron chi connectivity index (χ0n) is 14.8. The van der Waals surface area contributed by atoms with Crippen LogP contribution in [0.2, 0.25) is 0 Å². The van der Waals surface area contributed by atoms with Crippen molar-refractivity contribution < 1.29 is 14.3 Å². The number of nitrogens with zero attached hydrogens (tertiary/aromatic N) is 2. The Morgan fingerprint density at radius 1 is 1.24 bits per heavy atom. The van der Waals surface area contributed by atoms with E-state index in [2.05, 4.69) is 4.98 Å². The largest absolute Gasteiger partial charge is 0.490 e. The van der Waals surface area contributed by atoms with Crippen molar-refractivity contribution in [3.63, 3.8) is 0 Å². The van der Waals surface area contributed by atoms with Crippen LogP contribution in [0.3, 0.4) is 0 Å². The molecule has 1 aromatic carbocycles. The Hall–Kier alpha value is -2.40. The van der Waals surface area contributed by atoms with E-state index >= 15 is 0 Å². The molecule has 132 valence electrons. The number of methoxy groups -OCH3 is 1. The van der Waals surface area contributed by atoms with E-state index in [-0.39, 0.29) is 5.91 Å². The SMILES string of the molecule is CO[C@]1(COc2ccccc2C)CCN(C(=O)Cc2ccncc2)C1. The molecule has 0 radical (unpaired) electrons. The number of carbonyl (C=O) groups is 1. The predicted octanol–water partition coefficient (Wildman–Crippen LogP) is 2.63. The lowest BCUT2D eigenvalue weighted by Gasteiger charge is -2.28. The van der Waals surface area contributed by atoms with Gasteiger partial charge in [0.15, 0.2) is 0 Å². The molecule has 1 aromatic heterocycles. The van der Waals surface area contributed by atoms with Crippen LogP contribution in [0.4, 0.5) is 0 Å². The third-order valence-electron chi connectivity index (χ3n) is 4.79. The smallest absolute Gasteiger partial charge is 0.227 e. The van der Waals surface area contributed by atoms with Crippen LogP contribution in [0, 0.1) is 6.92 Å². The number of hydrogen-bond donors (Lipinski definition) is 0. The van der Waals surface area contributed by atoms with E-state index < -0.39 is 5.60 Å². The molecule has 1 fully saturated rings. The van der Waals surface area contributed by atoms with Crippen molar-refractivity contribution in [3.05, 3.63) is 59.9 Å². The maximum atomic E-state index is 12.6. The monoisotopic (exact) mass is 340 g/mol. The van der Waals surface area contributed by atoms with Gasteiger partial charge in [-0.05, 0) is 42.7 Å². The van der Waals surface area contributed by atoms with Gasteiger partial charge >= 0.3 is 0 Å². The number of carbonyl (C=O) groups excluding carboxylic acids is 1. The summed E-state index contributed by atoms with van der Waals surface area (Å²) < 4.78 is 11.8. The standard InChI is InChI=1S/C20H24N2O3/c1-16-5-3-4-6-18(16)25-15-20(24-2)9-12-22(14-20)19(23)13-17-7-10-21-11-8-17/h3-8,10-11H,9,12-15H2,1-2H3/t20-/m1/s1. The van der Waals surface area contributed by atoms with Gasteiger partial charge in [0.1, 0.15) is 18.0 Å². The van der Waals surface area contributed by atoms with E-state index in [4.69, 9.17) is 9.47 Å². The highest BCUT2D eigenvalue weighted by molar-refractivity contribution is 5.79. The third-order valence-corrected chi connectivity index (χ3v) is 4.79. The van der Waals surface area contributed by atoms with E-state index in [1.165, 1.54) is 0 Å². The highest BCUT2D eigenvalue weighted by Gasteiger charge is 2.41. The molecule has 1 aliphatic rings. The first-order valence-corrected chi connectivity index (χ1v) is 8.52. The highest BCUT2D eigenvalue weighted by Crippen LogP contribution is 2.27. The Balaban J connectivity index is 1.60. The van der Waals surface area contributed by atoms with Crippen LogP contribution in [0.1, 0.15) is 17.5 Å². The number of pyridine rings is 1. The summed E-state index contributed by atoms with van der Waals surface area (Å²) in [5.41, 5.74) is 1.62. The van der Waals surface area contributed by atoms with Gasteiger partial charge < -0.3 is 14.4 Å². The maximum Gasteiger partial charge on any atom is 0.227 e. The molecule has 0 N–H and O–H groups in total. The van der Waals surface area contributed by atoms with Gasteiger partial charge in [-0.1, -0.05) is 18.2 Å². The van der Waals surface area contributed by atoms with Crippen molar-refractivity contribution in [1.82, 2.24) is 9.88 Å². The second-order valence-electron chi connectivity index (χ2n) is 6.54. The number of rotatable bonds is 6. The van der Waals surface area contributed by atoms with Crippen LogP contribution in [-0.4, -0.2) is 48.2 Å². The fourth-order valence-corrected chi connectivity index (χ4v) is 3.12. The number of likely N-dealkylation sites (tertiary alicyclic amines) is 1. The summed E-state index contributed by atoms with van der Waals surface area (Å²) in [5.74, 6) is 0.974. The average Bonchev–Trinajstić information content (AvgIpc) is 3.07. The number of aromatic nitrogens is 1. The normalized spacial score (nSPS) is 19.8. The summed E-state index contributed by atoms with van der Waals surface area (Å²) in [6.07, 6.45) is 4.59. The van der Waals surface area contributed by atoms with Crippen molar-refractivity contribution in [3.8, 4) is 5.75 Å². The molecule has 2 heterocycles. The Morgan fingerprint density at radius 2 is 2.00 bits per heavy atom. The number of ether oxygens (including phenoxy) is 2. The minimum atomic E-state index is -0.448. The number of amides is 1. The van der Waals surface area contributed by atoms with Crippen LogP contribution < -0.4 is 4.74 Å². The summed E-state index contributed by atoms with van der Waals surface area (Å²) in [4.78, 5) is 18.4. The molecule has 1 saturated heterocycles. The molecule has 1 atom stereocenters. The molecule has 1 amide bonds. The molecule has 0 saturated carbocycles. The fourth-order valence-electron chi connectivity index (χ4n) is 3.12. The van der Waals surface area contributed by atoms with Gasteiger partial charge in [0.2, 0.25) is 5.91 Å². The first kappa shape index (κ1) is 17.4. The van der Waals surface area contributed by atoms with Crippen LogP contribution in [-0.2, 0) is 16.0 Å². The van der Waals surface area contributed by atoms with E-state index in [9.17, 15) is 4.79 Å². The van der Waals surface area contributed by atoms with E-state index in [0.717, 1.165) is 23.3 Å². The van der Waals surface area contributed by atoms with Crippen molar-refractivity contribution in [1.29, 1.82) is 0 Å². The lowest BCUT2D eigenvalue weighted by Crippen LogP contribution is -2.42. The number of hydrogen-bond acceptors (Lipinski definition) is 4. The minimum Gasteiger partial charge on any atom is -0.490 e. The fraction of sp³-hybridized carbons (Fsp3) is 0.400. The third kappa shape index (κ3) is 4.17. The number of benzene rings is 1. The van der Waals surface area contributed by atoms with Crippen LogP contribution in [0.5, 0.6) is 5.75 Å². The summed E-state index contributed by atoms with van der Waals surface area (Å²) in [7, 11) is 1.69. The average molecular weight is 340 g/mol. The Morgan fingerprint density at radius 3 is 2.72 bits per heavy atom. The van der Waals surface area contributed by atoms with Crippen LogP contribution in [0.15, 0.2) is 48.8 Å². The molecule has 2 aromatic rings. The second-order valence-corrected chi connectivity index (χ2v) is 6.54. The molecule has 1 aliphatic heterocycles. The summed E-state index contributed by atoms with van der Waals surface area (Å²) >= 11 is 0. The summed E-state index contributed by atoms with van der Waals surface area (Å²) in [6, 6.07) is 11.7. The lowest BCUT2D eigenvalue weighted by molar-refractivity contribution is -0.131. The molecule has 3 rings (SSSR count). The van der Waals surface area contributed by atoms with Crippen LogP contribution in [0.25, 0.3) is 0 Å². The molecule has 5 heteroatoms. The summed E-state index contributed by atoms with van der Waals surface area (Å²) in [6.45, 7) is 3.70. The highest BCUT2D eigenvalue weighted by atomic mass is 16.5. The first-order valence-electron chi connectivity index (χ1n) is 8.52. The molecule has 0 unspecified atom stereocenters. The predicted molar refractivity (Wildman–Crippen MR) is 95.6 cm³/mol. The van der Waals surface area contributed by atoms with E-state index in [1.54, 1.807) is 19.5 Å². The molecule has 0 aliphatic carbocycles. The topological polar surface area (TPSA) is 51.7 Å². The molecule has 25 heavy (non-hydrogen) atoms. The van der Waals surface area contributed by atoms with Gasteiger partial charge in [-0.15, -0.1) is 0 Å². The molecular weight excluding hydrogens is 316 g/mol. The van der Waals surface area contributed by atoms with Gasteiger partial charge in [0, 0.05) is 26.0 Å². The van der Waals surface area contributed by atoms with Gasteiger partial charge in [-0.2, -0.15) is 0 Å². The molecular formula is C20H24N2O3. The van der Waals surface area contributed by atoms with Crippen LogP contribution >= 0.6 is 0 Å². The zero-order chi connectivity index (χ0) is 17.7. The van der Waals surface area contributed by atoms with Crippen molar-refractivity contribution in [2.24, 2.45) is 0 Å². The quantitative estimate of drug-likeness (QED) is 0.811. The molecule has 0 spiro atoms. The van der Waals surface area contributed by atoms with E-state index in [0.29, 0.717) is 26.1 Å². The Bertz CT molecular complexity index is 720. The Labute approximate surface area is 148 Å². The van der Waals surface area contributed by atoms with E-state index in [1.807, 2.05) is 48.2 Å². The Kier molecular flexibility index (Phi) is 5.34. The minimum absolute atomic E-state index is 0.112. The number of para-hydroxylation sites is 1. The van der Waals surface area contributed by atoms with Gasteiger partial charge in [-0.25, -0.2) is 0 Å². The molecule has 0 bridgehead atoms. The second kappa shape index (κ2) is 7.66. The van der Waals surface area contributed by atoms with Crippen molar-refractivity contribution in [2.75, 3.05) is 26.8 Å². The molecule has 5 nitrogen and oxygen atoms in total. The van der Waals surface area contributed by atoms with Crippen molar-refractivity contribution in [2.45, 2.75) is 25.4 Å². The first-order chi connectivity index (χ1) is 12.1. The van der Waals surface area contributed by atoms with Gasteiger partial charge in [-0.3, -0.25) is 9.78 Å². The van der Waals surface area contributed by atoms with Gasteiger partial charge in [0.25, 0.3) is 0 Å². The lowest BCUT2D eigenvalue weighted by atomic mass is 10.0. The number of aryl methyl sites for hydroxylation is 1. The summed E-state index contributed by atoms with van der Waals surface area (Å²) in [5, 5.41) is 0. The maximum absolute atomic E-state index is 12.6. The zero-order valence-corrected chi connectivity index (χ0v) is 14.8. The van der Waals surface area contributed by atoms with Crippen molar-refractivity contribution >= 4 is 5.91 Å². The van der Waals surface area contributed by atoms with Gasteiger partial charge in [0.05, 0.1) is 13.0 Å².